The number of nitro benzene ring substituents is 1. The Labute approximate surface area is 214 Å². The lowest BCUT2D eigenvalue weighted by Gasteiger charge is -2.09. The summed E-state index contributed by atoms with van der Waals surface area (Å²) in [5, 5.41) is 17.0. The number of benzene rings is 3. The zero-order valence-electron chi connectivity index (χ0n) is 18.6. The van der Waals surface area contributed by atoms with Crippen LogP contribution in [0.1, 0.15) is 30.3 Å². The van der Waals surface area contributed by atoms with E-state index in [-0.39, 0.29) is 23.6 Å². The molecular formula is C25H20BrClN4O4. The molecule has 4 rings (SSSR count). The highest BCUT2D eigenvalue weighted by atomic mass is 79.9. The molecule has 0 bridgehead atoms. The standard InChI is InChI=1S/C25H20BrClN4O4/c1-2-5-24-29-21-10-9-18(26)13-19(21)25(32)30(24)28-14-16-8-11-23(22(12-16)31(33)34)35-15-17-6-3-4-7-20(17)27/h3-4,6-14H,2,5,15H2,1H3. The number of rotatable bonds is 8. The molecule has 0 amide bonds. The minimum absolute atomic E-state index is 0.0854. The van der Waals surface area contributed by atoms with Crippen molar-refractivity contribution >= 4 is 50.3 Å². The van der Waals surface area contributed by atoms with Crippen LogP contribution >= 0.6 is 27.5 Å². The van der Waals surface area contributed by atoms with Gasteiger partial charge in [-0.3, -0.25) is 14.9 Å². The van der Waals surface area contributed by atoms with E-state index in [0.717, 1.165) is 10.9 Å². The summed E-state index contributed by atoms with van der Waals surface area (Å²) in [5.41, 5.74) is 1.20. The second kappa shape index (κ2) is 10.8. The average Bonchev–Trinajstić information content (AvgIpc) is 2.84. The number of fused-ring (bicyclic) bond motifs is 1. The molecule has 1 aromatic heterocycles. The van der Waals surface area contributed by atoms with Gasteiger partial charge in [-0.05, 0) is 42.8 Å². The lowest BCUT2D eigenvalue weighted by molar-refractivity contribution is -0.385. The molecule has 178 valence electrons. The van der Waals surface area contributed by atoms with Crippen LogP contribution in [0.5, 0.6) is 5.75 Å². The van der Waals surface area contributed by atoms with Crippen molar-refractivity contribution in [1.82, 2.24) is 9.66 Å². The van der Waals surface area contributed by atoms with Crippen molar-refractivity contribution in [2.45, 2.75) is 26.4 Å². The van der Waals surface area contributed by atoms with E-state index in [4.69, 9.17) is 16.3 Å². The van der Waals surface area contributed by atoms with Crippen LogP contribution in [-0.4, -0.2) is 20.8 Å². The molecule has 0 saturated carbocycles. The van der Waals surface area contributed by atoms with E-state index in [9.17, 15) is 14.9 Å². The van der Waals surface area contributed by atoms with Crippen LogP contribution in [0.2, 0.25) is 5.02 Å². The van der Waals surface area contributed by atoms with Crippen molar-refractivity contribution in [1.29, 1.82) is 0 Å². The topological polar surface area (TPSA) is 99.6 Å². The van der Waals surface area contributed by atoms with Gasteiger partial charge >= 0.3 is 5.69 Å². The molecule has 0 atom stereocenters. The Kier molecular flexibility index (Phi) is 7.57. The second-order valence-corrected chi connectivity index (χ2v) is 8.99. The Morgan fingerprint density at radius 1 is 1.20 bits per heavy atom. The summed E-state index contributed by atoms with van der Waals surface area (Å²) in [6, 6.07) is 16.9. The van der Waals surface area contributed by atoms with E-state index >= 15 is 0 Å². The maximum absolute atomic E-state index is 13.1. The SMILES string of the molecule is CCCc1nc2ccc(Br)cc2c(=O)n1N=Cc1ccc(OCc2ccccc2Cl)c([N+](=O)[O-])c1. The van der Waals surface area contributed by atoms with Gasteiger partial charge in [0.05, 0.1) is 22.0 Å². The monoisotopic (exact) mass is 554 g/mol. The molecule has 8 nitrogen and oxygen atoms in total. The van der Waals surface area contributed by atoms with E-state index in [1.54, 1.807) is 36.4 Å². The first kappa shape index (κ1) is 24.6. The smallest absolute Gasteiger partial charge is 0.311 e. The number of aryl methyl sites for hydroxylation is 1. The minimum atomic E-state index is -0.525. The maximum atomic E-state index is 13.1. The highest BCUT2D eigenvalue weighted by molar-refractivity contribution is 9.10. The number of halogens is 2. The van der Waals surface area contributed by atoms with Crippen molar-refractivity contribution in [3.8, 4) is 5.75 Å². The normalized spacial score (nSPS) is 11.3. The number of hydrogen-bond acceptors (Lipinski definition) is 6. The van der Waals surface area contributed by atoms with Crippen LogP contribution in [0.3, 0.4) is 0 Å². The van der Waals surface area contributed by atoms with E-state index < -0.39 is 4.92 Å². The van der Waals surface area contributed by atoms with Crippen molar-refractivity contribution in [3.05, 3.63) is 108 Å². The molecule has 0 N–H and O–H groups in total. The zero-order chi connectivity index (χ0) is 24.9. The second-order valence-electron chi connectivity index (χ2n) is 7.67. The largest absolute Gasteiger partial charge is 0.482 e. The Balaban J connectivity index is 1.67. The quantitative estimate of drug-likeness (QED) is 0.148. The molecule has 1 heterocycles. The van der Waals surface area contributed by atoms with Crippen LogP contribution in [0.15, 0.2) is 75.0 Å². The first-order valence-corrected chi connectivity index (χ1v) is 11.9. The van der Waals surface area contributed by atoms with Crippen LogP contribution in [0.4, 0.5) is 5.69 Å². The number of nitro groups is 1. The van der Waals surface area contributed by atoms with Gasteiger partial charge in [-0.15, -0.1) is 0 Å². The molecular weight excluding hydrogens is 536 g/mol. The third-order valence-corrected chi connectivity index (χ3v) is 6.05. The van der Waals surface area contributed by atoms with Gasteiger partial charge in [0.2, 0.25) is 0 Å². The molecule has 0 fully saturated rings. The molecule has 10 heteroatoms. The third-order valence-electron chi connectivity index (χ3n) is 5.19. The summed E-state index contributed by atoms with van der Waals surface area (Å²) in [6.45, 7) is 2.07. The number of hydrogen-bond donors (Lipinski definition) is 0. The number of nitrogens with zero attached hydrogens (tertiary/aromatic N) is 4. The highest BCUT2D eigenvalue weighted by Crippen LogP contribution is 2.29. The molecule has 0 radical (unpaired) electrons. The molecule has 0 saturated heterocycles. The summed E-state index contributed by atoms with van der Waals surface area (Å²) in [7, 11) is 0. The van der Waals surface area contributed by atoms with Crippen LogP contribution in [0, 0.1) is 10.1 Å². The van der Waals surface area contributed by atoms with Crippen molar-refractivity contribution < 1.29 is 9.66 Å². The van der Waals surface area contributed by atoms with Gasteiger partial charge in [-0.25, -0.2) is 4.98 Å². The number of aromatic nitrogens is 2. The summed E-state index contributed by atoms with van der Waals surface area (Å²) in [5.74, 6) is 0.617. The molecule has 3 aromatic carbocycles. The summed E-state index contributed by atoms with van der Waals surface area (Å²) >= 11 is 9.52. The van der Waals surface area contributed by atoms with Crippen molar-refractivity contribution in [2.75, 3.05) is 0 Å². The fourth-order valence-corrected chi connectivity index (χ4v) is 4.03. The van der Waals surface area contributed by atoms with Crippen LogP contribution < -0.4 is 10.3 Å². The van der Waals surface area contributed by atoms with Gasteiger partial charge in [0.15, 0.2) is 5.75 Å². The van der Waals surface area contributed by atoms with Crippen LogP contribution in [-0.2, 0) is 13.0 Å². The van der Waals surface area contributed by atoms with Crippen LogP contribution in [0.25, 0.3) is 10.9 Å². The molecule has 35 heavy (non-hydrogen) atoms. The van der Waals surface area contributed by atoms with E-state index in [1.165, 1.54) is 23.0 Å². The Hall–Kier alpha value is -3.56. The first-order chi connectivity index (χ1) is 16.9. The zero-order valence-corrected chi connectivity index (χ0v) is 21.0. The van der Waals surface area contributed by atoms with Gasteiger partial charge in [0, 0.05) is 33.1 Å². The Morgan fingerprint density at radius 3 is 2.74 bits per heavy atom. The summed E-state index contributed by atoms with van der Waals surface area (Å²) in [4.78, 5) is 28.9. The highest BCUT2D eigenvalue weighted by Gasteiger charge is 2.17. The first-order valence-electron chi connectivity index (χ1n) is 10.8. The molecule has 0 aliphatic heterocycles. The van der Waals surface area contributed by atoms with E-state index in [1.807, 2.05) is 19.1 Å². The summed E-state index contributed by atoms with van der Waals surface area (Å²) in [6.07, 6.45) is 2.72. The predicted octanol–water partition coefficient (Wildman–Crippen LogP) is 6.13. The average molecular weight is 556 g/mol. The third kappa shape index (κ3) is 5.58. The van der Waals surface area contributed by atoms with Gasteiger partial charge in [-0.1, -0.05) is 52.7 Å². The molecule has 0 aliphatic rings. The fraction of sp³-hybridized carbons (Fsp3) is 0.160. The summed E-state index contributed by atoms with van der Waals surface area (Å²) < 4.78 is 7.67. The number of ether oxygens (including phenoxy) is 1. The van der Waals surface area contributed by atoms with Crippen molar-refractivity contribution in [3.63, 3.8) is 0 Å². The maximum Gasteiger partial charge on any atom is 0.311 e. The van der Waals surface area contributed by atoms with Gasteiger partial charge in [0.25, 0.3) is 5.56 Å². The lowest BCUT2D eigenvalue weighted by atomic mass is 10.2. The van der Waals surface area contributed by atoms with E-state index in [2.05, 4.69) is 26.0 Å². The predicted molar refractivity (Wildman–Crippen MR) is 140 cm³/mol. The Morgan fingerprint density at radius 2 is 2.00 bits per heavy atom. The molecule has 0 aliphatic carbocycles. The van der Waals surface area contributed by atoms with Gasteiger partial charge < -0.3 is 4.74 Å². The van der Waals surface area contributed by atoms with Gasteiger partial charge in [-0.2, -0.15) is 9.78 Å². The molecule has 0 unspecified atom stereocenters. The fourth-order valence-electron chi connectivity index (χ4n) is 3.47. The van der Waals surface area contributed by atoms with Crippen molar-refractivity contribution in [2.24, 2.45) is 5.10 Å². The van der Waals surface area contributed by atoms with Gasteiger partial charge in [0.1, 0.15) is 12.4 Å². The van der Waals surface area contributed by atoms with E-state index in [0.29, 0.717) is 39.3 Å². The lowest BCUT2D eigenvalue weighted by Crippen LogP contribution is -2.22. The minimum Gasteiger partial charge on any atom is -0.482 e. The Bertz CT molecular complexity index is 1500. The molecule has 0 spiro atoms. The molecule has 4 aromatic rings.